The molecule has 0 fully saturated rings. The van der Waals surface area contributed by atoms with Crippen molar-refractivity contribution >= 4 is 65.9 Å². The summed E-state index contributed by atoms with van der Waals surface area (Å²) in [6.45, 7) is 1.17. The SMILES string of the molecule is Cl.Cl.NC(=NCCCCc1ccc(OCCNCC(=O)O)cc1)NC(=O)c1nc(Cl)c(N)nc1N. The zero-order valence-electron chi connectivity index (χ0n) is 18.7. The van der Waals surface area contributed by atoms with Crippen LogP contribution >= 0.6 is 36.4 Å². The molecule has 0 atom stereocenters. The lowest BCUT2D eigenvalue weighted by molar-refractivity contribution is -0.135. The third-order valence-corrected chi connectivity index (χ3v) is 4.54. The van der Waals surface area contributed by atoms with Crippen LogP contribution in [0.15, 0.2) is 29.3 Å². The summed E-state index contributed by atoms with van der Waals surface area (Å²) in [4.78, 5) is 34.2. The first kappa shape index (κ1) is 31.9. The lowest BCUT2D eigenvalue weighted by atomic mass is 10.1. The van der Waals surface area contributed by atoms with E-state index in [1.165, 1.54) is 0 Å². The number of hydrogen-bond acceptors (Lipinski definition) is 9. The number of nitrogens with zero attached hydrogens (tertiary/aromatic N) is 3. The Balaban J connectivity index is 0.00000578. The van der Waals surface area contributed by atoms with E-state index in [-0.39, 0.29) is 59.8 Å². The standard InChI is InChI=1S/C20H27ClN8O4.2ClH/c21-16-18(23)28-17(22)15(27-16)19(32)29-20(24)26-8-2-1-3-12-4-6-13(7-5-12)33-10-9-25-11-14(30)31;;/h4-7,25H,1-3,8-11H2,(H,30,31)(H4,22,23,28)(H3,24,26,29,32);2*1H. The minimum absolute atomic E-state index is 0. The van der Waals surface area contributed by atoms with Gasteiger partial charge in [-0.3, -0.25) is 19.9 Å². The lowest BCUT2D eigenvalue weighted by Gasteiger charge is -2.08. The van der Waals surface area contributed by atoms with E-state index in [0.29, 0.717) is 19.7 Å². The lowest BCUT2D eigenvalue weighted by Crippen LogP contribution is -2.38. The molecule has 12 nitrogen and oxygen atoms in total. The highest BCUT2D eigenvalue weighted by Gasteiger charge is 2.16. The average molecular weight is 552 g/mol. The molecule has 0 spiro atoms. The van der Waals surface area contributed by atoms with Gasteiger partial charge in [0.2, 0.25) is 0 Å². The molecule has 0 unspecified atom stereocenters. The highest BCUT2D eigenvalue weighted by atomic mass is 35.5. The normalized spacial score (nSPS) is 10.6. The average Bonchev–Trinajstić information content (AvgIpc) is 2.76. The number of guanidine groups is 1. The molecule has 2 aromatic rings. The topological polar surface area (TPSA) is 204 Å². The van der Waals surface area contributed by atoms with Gasteiger partial charge in [0, 0.05) is 13.1 Å². The number of ether oxygens (including phenoxy) is 1. The van der Waals surface area contributed by atoms with Crippen LogP contribution in [0.3, 0.4) is 0 Å². The number of aliphatic carboxylic acids is 1. The molecule has 0 saturated heterocycles. The number of rotatable bonds is 12. The van der Waals surface area contributed by atoms with E-state index in [9.17, 15) is 9.59 Å². The van der Waals surface area contributed by atoms with Gasteiger partial charge in [0.15, 0.2) is 28.4 Å². The maximum Gasteiger partial charge on any atom is 0.317 e. The van der Waals surface area contributed by atoms with Gasteiger partial charge in [-0.25, -0.2) is 9.97 Å². The van der Waals surface area contributed by atoms with Gasteiger partial charge >= 0.3 is 5.97 Å². The number of hydrogen-bond donors (Lipinski definition) is 6. The van der Waals surface area contributed by atoms with Crippen LogP contribution in [0.1, 0.15) is 28.9 Å². The molecule has 35 heavy (non-hydrogen) atoms. The quantitative estimate of drug-likeness (QED) is 0.126. The molecule has 15 heteroatoms. The summed E-state index contributed by atoms with van der Waals surface area (Å²) in [5.41, 5.74) is 17.8. The van der Waals surface area contributed by atoms with E-state index >= 15 is 0 Å². The predicted octanol–water partition coefficient (Wildman–Crippen LogP) is 1.26. The van der Waals surface area contributed by atoms with Gasteiger partial charge in [-0.15, -0.1) is 24.8 Å². The highest BCUT2D eigenvalue weighted by Crippen LogP contribution is 2.17. The van der Waals surface area contributed by atoms with Gasteiger partial charge in [-0.05, 0) is 37.0 Å². The van der Waals surface area contributed by atoms with Crippen LogP contribution in [0.5, 0.6) is 5.75 Å². The van der Waals surface area contributed by atoms with E-state index in [2.05, 4.69) is 25.6 Å². The fraction of sp³-hybridized carbons (Fsp3) is 0.350. The molecule has 1 aromatic carbocycles. The molecule has 0 radical (unpaired) electrons. The Morgan fingerprint density at radius 3 is 2.43 bits per heavy atom. The van der Waals surface area contributed by atoms with E-state index < -0.39 is 11.9 Å². The summed E-state index contributed by atoms with van der Waals surface area (Å²) in [5.74, 6) is -1.15. The van der Waals surface area contributed by atoms with Crippen LogP contribution in [0.4, 0.5) is 11.6 Å². The van der Waals surface area contributed by atoms with Crippen LogP contribution in [0, 0.1) is 0 Å². The number of anilines is 2. The Labute approximate surface area is 219 Å². The van der Waals surface area contributed by atoms with Crippen molar-refractivity contribution in [1.29, 1.82) is 0 Å². The number of benzene rings is 1. The van der Waals surface area contributed by atoms with Crippen molar-refractivity contribution < 1.29 is 19.4 Å². The van der Waals surface area contributed by atoms with Crippen LogP contribution < -0.4 is 32.6 Å². The van der Waals surface area contributed by atoms with Crippen LogP contribution in [0.2, 0.25) is 5.15 Å². The second kappa shape index (κ2) is 16.5. The molecule has 0 aliphatic heterocycles. The molecule has 2 rings (SSSR count). The number of unbranched alkanes of at least 4 members (excludes halogenated alkanes) is 1. The number of carboxylic acids is 1. The van der Waals surface area contributed by atoms with Crippen molar-refractivity contribution in [3.8, 4) is 5.75 Å². The number of aliphatic imine (C=N–C) groups is 1. The van der Waals surface area contributed by atoms with E-state index in [1.54, 1.807) is 0 Å². The fourth-order valence-electron chi connectivity index (χ4n) is 2.65. The van der Waals surface area contributed by atoms with Crippen molar-refractivity contribution in [1.82, 2.24) is 20.6 Å². The number of aryl methyl sites for hydroxylation is 1. The largest absolute Gasteiger partial charge is 0.492 e. The smallest absolute Gasteiger partial charge is 0.317 e. The van der Waals surface area contributed by atoms with Gasteiger partial charge in [0.1, 0.15) is 12.4 Å². The number of carboxylic acid groups (broad SMARTS) is 1. The third kappa shape index (κ3) is 11.8. The van der Waals surface area contributed by atoms with Crippen molar-refractivity contribution in [2.45, 2.75) is 19.3 Å². The maximum atomic E-state index is 12.2. The maximum absolute atomic E-state index is 12.2. The zero-order valence-corrected chi connectivity index (χ0v) is 21.1. The molecule has 0 saturated carbocycles. The number of carbonyl (C=O) groups is 2. The third-order valence-electron chi connectivity index (χ3n) is 4.26. The second-order valence-electron chi connectivity index (χ2n) is 6.87. The summed E-state index contributed by atoms with van der Waals surface area (Å²) in [6.07, 6.45) is 2.48. The van der Waals surface area contributed by atoms with E-state index in [4.69, 9.17) is 38.6 Å². The first-order valence-electron chi connectivity index (χ1n) is 10.1. The highest BCUT2D eigenvalue weighted by molar-refractivity contribution is 6.31. The number of carbonyl (C=O) groups excluding carboxylic acids is 1. The Morgan fingerprint density at radius 1 is 1.09 bits per heavy atom. The summed E-state index contributed by atoms with van der Waals surface area (Å²) in [6, 6.07) is 7.69. The minimum atomic E-state index is -0.902. The Kier molecular flexibility index (Phi) is 15.1. The van der Waals surface area contributed by atoms with Gasteiger partial charge in [0.25, 0.3) is 5.91 Å². The van der Waals surface area contributed by atoms with Gasteiger partial charge in [0.05, 0.1) is 6.54 Å². The molecule has 1 aromatic heterocycles. The number of halogens is 3. The van der Waals surface area contributed by atoms with Crippen molar-refractivity contribution in [2.24, 2.45) is 10.7 Å². The molecular weight excluding hydrogens is 523 g/mol. The first-order chi connectivity index (χ1) is 15.8. The van der Waals surface area contributed by atoms with Gasteiger partial charge < -0.3 is 32.4 Å². The summed E-state index contributed by atoms with van der Waals surface area (Å²) < 4.78 is 5.54. The van der Waals surface area contributed by atoms with Crippen LogP contribution in [0.25, 0.3) is 0 Å². The fourth-order valence-corrected chi connectivity index (χ4v) is 2.78. The summed E-state index contributed by atoms with van der Waals surface area (Å²) >= 11 is 5.76. The molecule has 0 aliphatic carbocycles. The number of nitrogens with one attached hydrogen (secondary N) is 2. The molecule has 1 heterocycles. The monoisotopic (exact) mass is 550 g/mol. The van der Waals surface area contributed by atoms with Gasteiger partial charge in [-0.2, -0.15) is 0 Å². The summed E-state index contributed by atoms with van der Waals surface area (Å²) in [5, 5.41) is 13.6. The Hall–Kier alpha value is -3.06. The number of amides is 1. The molecule has 1 amide bonds. The van der Waals surface area contributed by atoms with Crippen molar-refractivity contribution in [2.75, 3.05) is 37.7 Å². The van der Waals surface area contributed by atoms with Crippen molar-refractivity contribution in [3.05, 3.63) is 40.7 Å². The van der Waals surface area contributed by atoms with Gasteiger partial charge in [-0.1, -0.05) is 23.7 Å². The summed E-state index contributed by atoms with van der Waals surface area (Å²) in [7, 11) is 0. The number of nitrogens with two attached hydrogens (primary N) is 3. The Bertz CT molecular complexity index is 993. The predicted molar refractivity (Wildman–Crippen MR) is 140 cm³/mol. The Morgan fingerprint density at radius 2 is 1.77 bits per heavy atom. The van der Waals surface area contributed by atoms with Crippen LogP contribution in [-0.4, -0.2) is 59.2 Å². The molecule has 0 aliphatic rings. The number of aromatic nitrogens is 2. The first-order valence-corrected chi connectivity index (χ1v) is 10.5. The second-order valence-corrected chi connectivity index (χ2v) is 7.23. The van der Waals surface area contributed by atoms with E-state index in [1.807, 2.05) is 24.3 Å². The molecule has 9 N–H and O–H groups in total. The number of nitrogen functional groups attached to an aromatic ring is 2. The zero-order chi connectivity index (χ0) is 24.2. The molecule has 194 valence electrons. The molecule has 0 bridgehead atoms. The minimum Gasteiger partial charge on any atom is -0.492 e. The van der Waals surface area contributed by atoms with E-state index in [0.717, 1.165) is 30.6 Å². The van der Waals surface area contributed by atoms with Crippen LogP contribution in [-0.2, 0) is 11.2 Å². The van der Waals surface area contributed by atoms with Crippen molar-refractivity contribution in [3.63, 3.8) is 0 Å². The molecular formula is C20H29Cl3N8O4.